The molecule has 2 saturated heterocycles. The predicted molar refractivity (Wildman–Crippen MR) is 83.7 cm³/mol. The van der Waals surface area contributed by atoms with Gasteiger partial charge in [0, 0.05) is 30.7 Å². The fraction of sp³-hybridized carbons (Fsp3) is 0.667. The largest absolute Gasteiger partial charge is 0.492 e. The number of benzene rings is 1. The number of epoxide rings is 1. The normalized spacial score (nSPS) is 43.0. The lowest BCUT2D eigenvalue weighted by molar-refractivity contribution is 0.0248. The summed E-state index contributed by atoms with van der Waals surface area (Å²) < 4.78 is 29.0. The molecule has 0 radical (unpaired) electrons. The standard InChI is InChI=1S/C18H21NO5/c1-20-11-6-13-18(17-16(11)24-17)3-4-19(13)7-9-10(18)5-12-15(14(9)21-2)23-8-22-12/h5,11,13,16-17H,3-4,6-8H2,1-2H3/t11-,13-,16-,17-,18+/m0/s1. The summed E-state index contributed by atoms with van der Waals surface area (Å²) in [6, 6.07) is 2.67. The molecule has 24 heavy (non-hydrogen) atoms. The van der Waals surface area contributed by atoms with Gasteiger partial charge in [-0.1, -0.05) is 0 Å². The van der Waals surface area contributed by atoms with E-state index in [1.54, 1.807) is 14.2 Å². The predicted octanol–water partition coefficient (Wildman–Crippen LogP) is 1.44. The van der Waals surface area contributed by atoms with Gasteiger partial charge in [0.05, 0.1) is 19.3 Å². The van der Waals surface area contributed by atoms with E-state index in [4.69, 9.17) is 23.7 Å². The van der Waals surface area contributed by atoms with Crippen molar-refractivity contribution in [3.05, 3.63) is 17.2 Å². The van der Waals surface area contributed by atoms with Crippen LogP contribution in [-0.2, 0) is 21.4 Å². The Kier molecular flexibility index (Phi) is 2.50. The van der Waals surface area contributed by atoms with E-state index in [1.807, 2.05) is 0 Å². The van der Waals surface area contributed by atoms with Gasteiger partial charge in [0.25, 0.3) is 0 Å². The van der Waals surface area contributed by atoms with Gasteiger partial charge >= 0.3 is 0 Å². The molecule has 6 rings (SSSR count). The third-order valence-corrected chi connectivity index (χ3v) is 6.80. The van der Waals surface area contributed by atoms with Crippen molar-refractivity contribution >= 4 is 0 Å². The van der Waals surface area contributed by atoms with Gasteiger partial charge in [0.1, 0.15) is 6.10 Å². The van der Waals surface area contributed by atoms with Crippen LogP contribution in [0.5, 0.6) is 17.2 Å². The molecule has 6 atom stereocenters. The van der Waals surface area contributed by atoms with Crippen molar-refractivity contribution in [2.75, 3.05) is 27.6 Å². The van der Waals surface area contributed by atoms with Gasteiger partial charge in [-0.15, -0.1) is 0 Å². The monoisotopic (exact) mass is 331 g/mol. The molecule has 4 aliphatic heterocycles. The first kappa shape index (κ1) is 13.8. The third-order valence-electron chi connectivity index (χ3n) is 6.80. The highest BCUT2D eigenvalue weighted by Gasteiger charge is 2.70. The quantitative estimate of drug-likeness (QED) is 0.765. The first-order chi connectivity index (χ1) is 11.8. The maximum absolute atomic E-state index is 6.16. The topological polar surface area (TPSA) is 52.7 Å². The van der Waals surface area contributed by atoms with Crippen LogP contribution in [0.25, 0.3) is 0 Å². The zero-order valence-electron chi connectivity index (χ0n) is 13.9. The number of hydrogen-bond acceptors (Lipinski definition) is 6. The maximum atomic E-state index is 6.16. The van der Waals surface area contributed by atoms with E-state index in [0.717, 1.165) is 43.2 Å². The van der Waals surface area contributed by atoms with Gasteiger partial charge in [0.15, 0.2) is 11.5 Å². The summed E-state index contributed by atoms with van der Waals surface area (Å²) in [4.78, 5) is 2.58. The number of rotatable bonds is 2. The van der Waals surface area contributed by atoms with E-state index >= 15 is 0 Å². The minimum absolute atomic E-state index is 0.0432. The minimum atomic E-state index is 0.0432. The first-order valence-corrected chi connectivity index (χ1v) is 8.70. The molecule has 128 valence electrons. The summed E-state index contributed by atoms with van der Waals surface area (Å²) in [5.74, 6) is 2.41. The second kappa shape index (κ2) is 4.36. The summed E-state index contributed by atoms with van der Waals surface area (Å²) in [5, 5.41) is 0. The molecule has 1 unspecified atom stereocenters. The van der Waals surface area contributed by atoms with E-state index in [2.05, 4.69) is 11.0 Å². The number of nitrogens with zero attached hydrogens (tertiary/aromatic N) is 1. The van der Waals surface area contributed by atoms with Crippen LogP contribution in [0.2, 0.25) is 0 Å². The molecule has 1 aliphatic carbocycles. The van der Waals surface area contributed by atoms with Crippen LogP contribution in [0.15, 0.2) is 6.07 Å². The zero-order valence-corrected chi connectivity index (χ0v) is 13.9. The lowest BCUT2D eigenvalue weighted by atomic mass is 9.62. The molecule has 1 saturated carbocycles. The number of hydrogen-bond donors (Lipinski definition) is 0. The van der Waals surface area contributed by atoms with Gasteiger partial charge in [-0.25, -0.2) is 0 Å². The van der Waals surface area contributed by atoms with Crippen LogP contribution in [0, 0.1) is 0 Å². The van der Waals surface area contributed by atoms with Crippen LogP contribution < -0.4 is 14.2 Å². The van der Waals surface area contributed by atoms with E-state index in [0.29, 0.717) is 6.04 Å². The maximum Gasteiger partial charge on any atom is 0.231 e. The molecule has 6 heteroatoms. The molecule has 2 bridgehead atoms. The summed E-state index contributed by atoms with van der Waals surface area (Å²) in [6.45, 7) is 2.26. The molecule has 4 heterocycles. The molecular formula is C18H21NO5. The van der Waals surface area contributed by atoms with Crippen molar-refractivity contribution in [3.63, 3.8) is 0 Å². The fourth-order valence-electron chi connectivity index (χ4n) is 5.77. The van der Waals surface area contributed by atoms with Crippen molar-refractivity contribution < 1.29 is 23.7 Å². The SMILES string of the molecule is COc1c2c(cc3c1OCO3)[C@]13CCN(C2)[C@H]1C[C@H](OC)[C@@H]1O[C@@H]13. The lowest BCUT2D eigenvalue weighted by Gasteiger charge is -2.47. The number of fused-ring (bicyclic) bond motifs is 3. The summed E-state index contributed by atoms with van der Waals surface area (Å²) in [7, 11) is 3.52. The van der Waals surface area contributed by atoms with Crippen LogP contribution in [0.1, 0.15) is 24.0 Å². The Labute approximate surface area is 140 Å². The molecular weight excluding hydrogens is 310 g/mol. The van der Waals surface area contributed by atoms with Crippen LogP contribution in [0.4, 0.5) is 0 Å². The Morgan fingerprint density at radius 2 is 2.21 bits per heavy atom. The number of methoxy groups -OCH3 is 2. The van der Waals surface area contributed by atoms with Crippen LogP contribution in [-0.4, -0.2) is 56.8 Å². The fourth-order valence-corrected chi connectivity index (χ4v) is 5.77. The summed E-state index contributed by atoms with van der Waals surface area (Å²) in [6.07, 6.45) is 2.86. The molecule has 1 aromatic carbocycles. The molecule has 5 aliphatic rings. The summed E-state index contributed by atoms with van der Waals surface area (Å²) in [5.41, 5.74) is 2.65. The molecule has 3 fully saturated rings. The van der Waals surface area contributed by atoms with Crippen molar-refractivity contribution in [1.29, 1.82) is 0 Å². The van der Waals surface area contributed by atoms with Gasteiger partial charge < -0.3 is 23.7 Å². The molecule has 0 amide bonds. The third kappa shape index (κ3) is 1.40. The molecule has 0 spiro atoms. The Morgan fingerprint density at radius 1 is 1.29 bits per heavy atom. The van der Waals surface area contributed by atoms with E-state index in [1.165, 1.54) is 11.1 Å². The van der Waals surface area contributed by atoms with Gasteiger partial charge in [-0.2, -0.15) is 0 Å². The molecule has 6 nitrogen and oxygen atoms in total. The van der Waals surface area contributed by atoms with E-state index < -0.39 is 0 Å². The van der Waals surface area contributed by atoms with Crippen LogP contribution in [0.3, 0.4) is 0 Å². The summed E-state index contributed by atoms with van der Waals surface area (Å²) >= 11 is 0. The zero-order chi connectivity index (χ0) is 16.1. The second-order valence-corrected chi connectivity index (χ2v) is 7.48. The van der Waals surface area contributed by atoms with Gasteiger partial charge in [-0.05, 0) is 31.0 Å². The van der Waals surface area contributed by atoms with Crippen molar-refractivity contribution in [1.82, 2.24) is 4.90 Å². The molecule has 1 aromatic rings. The van der Waals surface area contributed by atoms with E-state index in [9.17, 15) is 0 Å². The Balaban J connectivity index is 1.57. The smallest absolute Gasteiger partial charge is 0.231 e. The Morgan fingerprint density at radius 3 is 3.04 bits per heavy atom. The average molecular weight is 331 g/mol. The molecule has 0 aromatic heterocycles. The highest BCUT2D eigenvalue weighted by molar-refractivity contribution is 5.64. The Hall–Kier alpha value is -1.50. The first-order valence-electron chi connectivity index (χ1n) is 8.70. The second-order valence-electron chi connectivity index (χ2n) is 7.48. The lowest BCUT2D eigenvalue weighted by Crippen LogP contribution is -2.56. The van der Waals surface area contributed by atoms with Crippen LogP contribution >= 0.6 is 0 Å². The van der Waals surface area contributed by atoms with Crippen molar-refractivity contribution in [2.24, 2.45) is 0 Å². The number of ether oxygens (including phenoxy) is 5. The van der Waals surface area contributed by atoms with E-state index in [-0.39, 0.29) is 30.5 Å². The average Bonchev–Trinajstić information content (AvgIpc) is 3.20. The molecule has 0 N–H and O–H groups in total. The highest BCUT2D eigenvalue weighted by atomic mass is 16.7. The van der Waals surface area contributed by atoms with Gasteiger partial charge in [-0.3, -0.25) is 4.90 Å². The van der Waals surface area contributed by atoms with Crippen molar-refractivity contribution in [3.8, 4) is 17.2 Å². The van der Waals surface area contributed by atoms with Gasteiger partial charge in [0.2, 0.25) is 12.5 Å². The Bertz CT molecular complexity index is 737. The minimum Gasteiger partial charge on any atom is -0.492 e. The highest BCUT2D eigenvalue weighted by Crippen LogP contribution is 2.63. The van der Waals surface area contributed by atoms with Crippen molar-refractivity contribution in [2.45, 2.75) is 49.2 Å².